The molecule has 1 N–H and O–H groups in total. The summed E-state index contributed by atoms with van der Waals surface area (Å²) in [5.74, 6) is -0.109. The fourth-order valence-electron chi connectivity index (χ4n) is 0.585. The average Bonchev–Trinajstić information content (AvgIpc) is 2.13. The first kappa shape index (κ1) is 9.04. The maximum atomic E-state index is 6.66. The van der Waals surface area contributed by atoms with E-state index < -0.39 is 0 Å². The van der Waals surface area contributed by atoms with E-state index in [9.17, 15) is 0 Å². The molecular formula is C6HCl5O. The zero-order valence-corrected chi connectivity index (χ0v) is 9.08. The summed E-state index contributed by atoms with van der Waals surface area (Å²) < 4.78 is 6.66. The monoisotopic (exact) mass is 265 g/mol. The Bertz CT molecular complexity index is 324. The van der Waals surface area contributed by atoms with E-state index in [4.69, 9.17) is 59.4 Å². The Kier molecular flexibility index (Phi) is 2.78. The molecule has 1 rings (SSSR count). The van der Waals surface area contributed by atoms with Crippen molar-refractivity contribution in [3.63, 3.8) is 0 Å². The van der Waals surface area contributed by atoms with E-state index in [1.54, 1.807) is 0 Å². The van der Waals surface area contributed by atoms with Crippen LogP contribution in [0.2, 0.25) is 25.1 Å². The first-order chi connectivity index (χ1) is 6.00. The molecule has 0 aliphatic rings. The molecule has 1 aromatic rings. The normalized spacial score (nSPS) is 11.2. The van der Waals surface area contributed by atoms with Crippen molar-refractivity contribution in [3.8, 4) is 5.75 Å². The topological polar surface area (TPSA) is 20.2 Å². The summed E-state index contributed by atoms with van der Waals surface area (Å²) in [6.45, 7) is 0. The van der Waals surface area contributed by atoms with Gasteiger partial charge in [-0.15, -0.1) is 0 Å². The number of halogens is 5. The van der Waals surface area contributed by atoms with Crippen molar-refractivity contribution in [1.82, 2.24) is 0 Å². The Labute approximate surface area is 95.2 Å². The molecule has 0 fully saturated rings. The highest BCUT2D eigenvalue weighted by molar-refractivity contribution is 6.55. The Morgan fingerprint density at radius 1 is 0.750 bits per heavy atom. The standard InChI is InChI=1S/C6HCl5O/c7-1-2(8)4(10)6(12)5(11)3(1)9/h12H/i/hD. The molecule has 0 aliphatic heterocycles. The van der Waals surface area contributed by atoms with Gasteiger partial charge in [0.1, 0.15) is 10.0 Å². The van der Waals surface area contributed by atoms with Gasteiger partial charge in [0.15, 0.2) is 5.75 Å². The summed E-state index contributed by atoms with van der Waals surface area (Å²) in [5, 5.41) is 4.16. The second kappa shape index (κ2) is 3.69. The van der Waals surface area contributed by atoms with Crippen LogP contribution >= 0.6 is 58.0 Å². The third kappa shape index (κ3) is 1.57. The predicted octanol–water partition coefficient (Wildman–Crippen LogP) is 4.66. The lowest BCUT2D eigenvalue weighted by Gasteiger charge is -2.06. The van der Waals surface area contributed by atoms with E-state index in [-0.39, 0.29) is 30.9 Å². The fraction of sp³-hybridized carbons (Fsp3) is 0. The van der Waals surface area contributed by atoms with Gasteiger partial charge in [-0.05, 0) is 0 Å². The third-order valence-corrected chi connectivity index (χ3v) is 3.41. The minimum atomic E-state index is -0.109. The Hall–Kier alpha value is 0.470. The SMILES string of the molecule is [2H]Oc1c(Cl)c(Cl)c(Cl)c(Cl)c1Cl. The van der Waals surface area contributed by atoms with Crippen LogP contribution in [-0.4, -0.2) is 6.54 Å². The molecule has 0 aromatic heterocycles. The molecule has 0 aliphatic carbocycles. The Balaban J connectivity index is 3.56. The van der Waals surface area contributed by atoms with Gasteiger partial charge in [-0.2, -0.15) is 0 Å². The maximum Gasteiger partial charge on any atom is 0.293 e. The predicted molar refractivity (Wildman–Crippen MR) is 53.2 cm³/mol. The first-order valence-corrected chi connectivity index (χ1v) is 4.54. The summed E-state index contributed by atoms with van der Waals surface area (Å²) in [6, 6.07) is 0. The molecule has 0 saturated heterocycles. The maximum absolute atomic E-state index is 6.66. The molecule has 0 spiro atoms. The van der Waals surface area contributed by atoms with Crippen molar-refractivity contribution in [1.29, 1.82) is 1.43 Å². The second-order valence-corrected chi connectivity index (χ2v) is 3.79. The molecule has 66 valence electrons. The Morgan fingerprint density at radius 3 is 1.42 bits per heavy atom. The minimum absolute atomic E-state index is 0.0139. The third-order valence-electron chi connectivity index (χ3n) is 1.17. The van der Waals surface area contributed by atoms with Gasteiger partial charge in [-0.1, -0.05) is 58.0 Å². The van der Waals surface area contributed by atoms with E-state index in [1.165, 1.54) is 0 Å². The summed E-state index contributed by atoms with van der Waals surface area (Å²) in [4.78, 5) is 0. The van der Waals surface area contributed by atoms with Gasteiger partial charge in [0.25, 0.3) is 1.43 Å². The smallest absolute Gasteiger partial charge is 0.293 e. The van der Waals surface area contributed by atoms with Gasteiger partial charge >= 0.3 is 0 Å². The summed E-state index contributed by atoms with van der Waals surface area (Å²) in [6.07, 6.45) is 0. The van der Waals surface area contributed by atoms with Gasteiger partial charge in [0.2, 0.25) is 0 Å². The lowest BCUT2D eigenvalue weighted by molar-refractivity contribution is 0.476. The average molecular weight is 267 g/mol. The minimum Gasteiger partial charge on any atom is -0.505 e. The highest BCUT2D eigenvalue weighted by Crippen LogP contribution is 2.47. The van der Waals surface area contributed by atoms with Gasteiger partial charge in [0, 0.05) is 0 Å². The molecule has 1 nitrogen and oxygen atoms in total. The van der Waals surface area contributed by atoms with Crippen LogP contribution in [0.1, 0.15) is 0 Å². The van der Waals surface area contributed by atoms with Crippen LogP contribution in [0.25, 0.3) is 0 Å². The van der Waals surface area contributed by atoms with E-state index in [0.717, 1.165) is 0 Å². The van der Waals surface area contributed by atoms with E-state index in [1.807, 2.05) is 0 Å². The molecule has 12 heavy (non-hydrogen) atoms. The van der Waals surface area contributed by atoms with Crippen LogP contribution in [0.15, 0.2) is 0 Å². The van der Waals surface area contributed by atoms with E-state index in [0.29, 0.717) is 0 Å². The molecule has 0 saturated carbocycles. The largest absolute Gasteiger partial charge is 0.505 e. The number of aromatic hydroxyl groups is 1. The van der Waals surface area contributed by atoms with Crippen molar-refractivity contribution in [2.45, 2.75) is 0 Å². The van der Waals surface area contributed by atoms with Crippen LogP contribution < -0.4 is 0 Å². The molecule has 0 radical (unpaired) electrons. The zero-order valence-electron chi connectivity index (χ0n) is 6.30. The van der Waals surface area contributed by atoms with Crippen molar-refractivity contribution >= 4 is 58.0 Å². The summed E-state index contributed by atoms with van der Waals surface area (Å²) >= 11 is 28.3. The molecule has 0 amide bonds. The Morgan fingerprint density at radius 2 is 1.08 bits per heavy atom. The van der Waals surface area contributed by atoms with Crippen molar-refractivity contribution in [2.75, 3.05) is 0 Å². The van der Waals surface area contributed by atoms with Gasteiger partial charge in [0.05, 0.1) is 15.1 Å². The van der Waals surface area contributed by atoms with Crippen LogP contribution in [0.5, 0.6) is 5.75 Å². The van der Waals surface area contributed by atoms with Gasteiger partial charge < -0.3 is 5.11 Å². The van der Waals surface area contributed by atoms with Crippen molar-refractivity contribution in [3.05, 3.63) is 25.1 Å². The van der Waals surface area contributed by atoms with Gasteiger partial charge in [-0.3, -0.25) is 0 Å². The lowest BCUT2D eigenvalue weighted by Crippen LogP contribution is -1.78. The molecule has 0 bridgehead atoms. The lowest BCUT2D eigenvalue weighted by atomic mass is 10.3. The van der Waals surface area contributed by atoms with Crippen LogP contribution in [-0.2, 0) is 0 Å². The molecule has 0 atom stereocenters. The quantitative estimate of drug-likeness (QED) is 0.579. The van der Waals surface area contributed by atoms with Crippen molar-refractivity contribution in [2.24, 2.45) is 0 Å². The highest BCUT2D eigenvalue weighted by atomic mass is 35.5. The first-order valence-electron chi connectivity index (χ1n) is 3.06. The van der Waals surface area contributed by atoms with Crippen LogP contribution in [0.3, 0.4) is 0 Å². The summed E-state index contributed by atoms with van der Waals surface area (Å²) in [5.41, 5.74) is 0. The van der Waals surface area contributed by atoms with Crippen LogP contribution in [0, 0.1) is 0 Å². The van der Waals surface area contributed by atoms with E-state index >= 15 is 0 Å². The number of phenolic OH excluding ortho intramolecular Hbond substituents is 1. The van der Waals surface area contributed by atoms with E-state index in [2.05, 4.69) is 5.11 Å². The summed E-state index contributed by atoms with van der Waals surface area (Å²) in [7, 11) is 0. The van der Waals surface area contributed by atoms with Gasteiger partial charge in [-0.25, -0.2) is 0 Å². The van der Waals surface area contributed by atoms with Crippen LogP contribution in [0.4, 0.5) is 0 Å². The number of benzene rings is 1. The number of rotatable bonds is 1. The van der Waals surface area contributed by atoms with Crippen molar-refractivity contribution < 1.29 is 5.11 Å². The molecule has 0 heterocycles. The number of phenols is 1. The molecule has 6 heteroatoms. The highest BCUT2D eigenvalue weighted by Gasteiger charge is 2.17. The fourth-order valence-corrected chi connectivity index (χ4v) is 1.71. The molecular weight excluding hydrogens is 265 g/mol. The molecule has 0 unspecified atom stereocenters. The zero-order chi connectivity index (χ0) is 10.2. The number of hydrogen-bond donors (Lipinski definition) is 1. The number of hydrogen-bond acceptors (Lipinski definition) is 1. The second-order valence-electron chi connectivity index (χ2n) is 1.90. The molecule has 1 aromatic carbocycles.